The lowest BCUT2D eigenvalue weighted by Gasteiger charge is -2.23. The molecule has 20 heavy (non-hydrogen) atoms. The molecule has 1 atom stereocenters. The van der Waals surface area contributed by atoms with E-state index in [-0.39, 0.29) is 12.0 Å². The summed E-state index contributed by atoms with van der Waals surface area (Å²) < 4.78 is 38.9. The van der Waals surface area contributed by atoms with Gasteiger partial charge in [0.1, 0.15) is 5.69 Å². The van der Waals surface area contributed by atoms with Gasteiger partial charge in [0.05, 0.1) is 5.69 Å². The largest absolute Gasteiger partial charge is 0.433 e. The number of nitrogens with two attached hydrogens (primary N) is 1. The highest BCUT2D eigenvalue weighted by Crippen LogP contribution is 2.32. The van der Waals surface area contributed by atoms with Gasteiger partial charge in [-0.3, -0.25) is 0 Å². The molecule has 2 heterocycles. The molecule has 0 spiro atoms. The van der Waals surface area contributed by atoms with Crippen LogP contribution < -0.4 is 10.6 Å². The molecule has 1 fully saturated rings. The van der Waals surface area contributed by atoms with Gasteiger partial charge in [0.25, 0.3) is 0 Å². The highest BCUT2D eigenvalue weighted by atomic mass is 19.4. The third kappa shape index (κ3) is 3.20. The second-order valence-corrected chi connectivity index (χ2v) is 6.18. The first-order valence-corrected chi connectivity index (χ1v) is 6.54. The van der Waals surface area contributed by atoms with E-state index in [0.717, 1.165) is 12.5 Å². The normalized spacial score (nSPS) is 20.6. The fraction of sp³-hybridized carbons (Fsp3) is 0.692. The van der Waals surface area contributed by atoms with Crippen LogP contribution in [0.25, 0.3) is 0 Å². The zero-order valence-corrected chi connectivity index (χ0v) is 11.8. The van der Waals surface area contributed by atoms with E-state index in [1.807, 2.05) is 20.8 Å². The Labute approximate surface area is 116 Å². The topological polar surface area (TPSA) is 55.0 Å². The zero-order chi connectivity index (χ0) is 15.1. The average Bonchev–Trinajstić information content (AvgIpc) is 2.73. The van der Waals surface area contributed by atoms with Gasteiger partial charge < -0.3 is 10.6 Å². The molecule has 1 aromatic rings. The van der Waals surface area contributed by atoms with Crippen molar-refractivity contribution in [2.45, 2.75) is 44.8 Å². The van der Waals surface area contributed by atoms with Gasteiger partial charge in [0, 0.05) is 24.5 Å². The summed E-state index contributed by atoms with van der Waals surface area (Å²) in [6, 6.07) is 0.991. The lowest BCUT2D eigenvalue weighted by Crippen LogP contribution is -2.29. The lowest BCUT2D eigenvalue weighted by molar-refractivity contribution is -0.141. The Morgan fingerprint density at radius 1 is 1.20 bits per heavy atom. The Morgan fingerprint density at radius 2 is 1.80 bits per heavy atom. The Hall–Kier alpha value is -1.37. The number of aromatic nitrogens is 2. The second-order valence-electron chi connectivity index (χ2n) is 6.18. The minimum Gasteiger partial charge on any atom is -0.339 e. The van der Waals surface area contributed by atoms with Gasteiger partial charge in [-0.15, -0.1) is 0 Å². The van der Waals surface area contributed by atoms with Crippen molar-refractivity contribution in [3.05, 3.63) is 17.5 Å². The number of nitrogens with zero attached hydrogens (tertiary/aromatic N) is 3. The SMILES string of the molecule is CC(C)(C)c1cc(C(F)(F)F)nc(N2CCC(N)C2)n1. The predicted octanol–water partition coefficient (Wildman–Crippen LogP) is 2.33. The van der Waals surface area contributed by atoms with Gasteiger partial charge in [-0.25, -0.2) is 9.97 Å². The molecular formula is C13H19F3N4. The zero-order valence-electron chi connectivity index (χ0n) is 11.8. The molecule has 1 aliphatic rings. The van der Waals surface area contributed by atoms with Crippen molar-refractivity contribution >= 4 is 5.95 Å². The molecule has 112 valence electrons. The number of anilines is 1. The summed E-state index contributed by atoms with van der Waals surface area (Å²) in [5, 5.41) is 0. The van der Waals surface area contributed by atoms with Gasteiger partial charge >= 0.3 is 6.18 Å². The smallest absolute Gasteiger partial charge is 0.339 e. The summed E-state index contributed by atoms with van der Waals surface area (Å²) in [6.07, 6.45) is -3.73. The van der Waals surface area contributed by atoms with Crippen LogP contribution in [0.3, 0.4) is 0 Å². The van der Waals surface area contributed by atoms with Gasteiger partial charge in [0.15, 0.2) is 0 Å². The molecule has 2 rings (SSSR count). The first-order valence-electron chi connectivity index (χ1n) is 6.54. The maximum atomic E-state index is 13.0. The molecular weight excluding hydrogens is 269 g/mol. The molecule has 7 heteroatoms. The first-order chi connectivity index (χ1) is 9.07. The highest BCUT2D eigenvalue weighted by molar-refractivity contribution is 5.36. The quantitative estimate of drug-likeness (QED) is 0.861. The molecule has 1 unspecified atom stereocenters. The van der Waals surface area contributed by atoms with E-state index in [2.05, 4.69) is 9.97 Å². The monoisotopic (exact) mass is 288 g/mol. The second kappa shape index (κ2) is 4.87. The van der Waals surface area contributed by atoms with E-state index >= 15 is 0 Å². The van der Waals surface area contributed by atoms with Crippen LogP contribution >= 0.6 is 0 Å². The Kier molecular flexibility index (Phi) is 3.66. The van der Waals surface area contributed by atoms with Crippen molar-refractivity contribution in [3.63, 3.8) is 0 Å². The van der Waals surface area contributed by atoms with Gasteiger partial charge in [-0.05, 0) is 12.5 Å². The molecule has 2 N–H and O–H groups in total. The molecule has 0 saturated carbocycles. The molecule has 0 amide bonds. The van der Waals surface area contributed by atoms with Gasteiger partial charge in [-0.2, -0.15) is 13.2 Å². The van der Waals surface area contributed by atoms with Crippen LogP contribution in [-0.4, -0.2) is 29.1 Å². The van der Waals surface area contributed by atoms with E-state index in [1.165, 1.54) is 0 Å². The van der Waals surface area contributed by atoms with E-state index in [0.29, 0.717) is 18.8 Å². The number of hydrogen-bond acceptors (Lipinski definition) is 4. The van der Waals surface area contributed by atoms with Crippen LogP contribution in [0.5, 0.6) is 0 Å². The molecule has 0 bridgehead atoms. The summed E-state index contributed by atoms with van der Waals surface area (Å²) in [4.78, 5) is 9.68. The van der Waals surface area contributed by atoms with Crippen LogP contribution in [-0.2, 0) is 11.6 Å². The Bertz CT molecular complexity index is 461. The first kappa shape index (κ1) is 15.0. The van der Waals surface area contributed by atoms with Crippen LogP contribution in [0.4, 0.5) is 19.1 Å². The van der Waals surface area contributed by atoms with Crippen molar-refractivity contribution < 1.29 is 13.2 Å². The van der Waals surface area contributed by atoms with Crippen molar-refractivity contribution in [1.29, 1.82) is 0 Å². The molecule has 0 aromatic carbocycles. The standard InChI is InChI=1S/C13H19F3N4/c1-12(2,3)9-6-10(13(14,15)16)19-11(18-9)20-5-4-8(17)7-20/h6,8H,4-5,7,17H2,1-3H3. The van der Waals surface area contributed by atoms with Gasteiger partial charge in [0.2, 0.25) is 5.95 Å². The summed E-state index contributed by atoms with van der Waals surface area (Å²) in [5.41, 5.74) is 4.81. The van der Waals surface area contributed by atoms with E-state index < -0.39 is 17.3 Å². The van der Waals surface area contributed by atoms with E-state index in [9.17, 15) is 13.2 Å². The third-order valence-corrected chi connectivity index (χ3v) is 3.28. The molecule has 1 aromatic heterocycles. The summed E-state index contributed by atoms with van der Waals surface area (Å²) in [7, 11) is 0. The summed E-state index contributed by atoms with van der Waals surface area (Å²) in [6.45, 7) is 6.57. The Balaban J connectivity index is 2.46. The number of rotatable bonds is 1. The van der Waals surface area contributed by atoms with Crippen LogP contribution in [0, 0.1) is 0 Å². The van der Waals surface area contributed by atoms with Crippen LogP contribution in [0.1, 0.15) is 38.6 Å². The number of halogens is 3. The van der Waals surface area contributed by atoms with Crippen molar-refractivity contribution in [2.75, 3.05) is 18.0 Å². The molecule has 1 aliphatic heterocycles. The highest BCUT2D eigenvalue weighted by Gasteiger charge is 2.36. The fourth-order valence-corrected chi connectivity index (χ4v) is 2.07. The van der Waals surface area contributed by atoms with Crippen molar-refractivity contribution in [1.82, 2.24) is 9.97 Å². The molecule has 0 radical (unpaired) electrons. The minimum atomic E-state index is -4.47. The molecule has 1 saturated heterocycles. The average molecular weight is 288 g/mol. The summed E-state index contributed by atoms with van der Waals surface area (Å²) in [5.74, 6) is 0.123. The van der Waals surface area contributed by atoms with E-state index in [4.69, 9.17) is 5.73 Å². The molecule has 4 nitrogen and oxygen atoms in total. The lowest BCUT2D eigenvalue weighted by atomic mass is 9.91. The number of hydrogen-bond donors (Lipinski definition) is 1. The van der Waals surface area contributed by atoms with Crippen molar-refractivity contribution in [2.24, 2.45) is 5.73 Å². The maximum absolute atomic E-state index is 13.0. The Morgan fingerprint density at radius 3 is 2.25 bits per heavy atom. The predicted molar refractivity (Wildman–Crippen MR) is 70.5 cm³/mol. The van der Waals surface area contributed by atoms with Crippen molar-refractivity contribution in [3.8, 4) is 0 Å². The number of alkyl halides is 3. The van der Waals surface area contributed by atoms with Crippen LogP contribution in [0.15, 0.2) is 6.07 Å². The molecule has 0 aliphatic carbocycles. The van der Waals surface area contributed by atoms with Crippen LogP contribution in [0.2, 0.25) is 0 Å². The third-order valence-electron chi connectivity index (χ3n) is 3.28. The van der Waals surface area contributed by atoms with Gasteiger partial charge in [-0.1, -0.05) is 20.8 Å². The maximum Gasteiger partial charge on any atom is 0.433 e. The van der Waals surface area contributed by atoms with E-state index in [1.54, 1.807) is 4.90 Å². The fourth-order valence-electron chi connectivity index (χ4n) is 2.07. The minimum absolute atomic E-state index is 0.0359. The summed E-state index contributed by atoms with van der Waals surface area (Å²) >= 11 is 0.